The molecule has 1 nitrogen and oxygen atoms in total. The predicted molar refractivity (Wildman–Crippen MR) is 99.9 cm³/mol. The molecule has 23 heavy (non-hydrogen) atoms. The fraction of sp³-hybridized carbons (Fsp3) is 0.727. The first-order valence-electron chi connectivity index (χ1n) is 9.82. The van der Waals surface area contributed by atoms with E-state index in [0.29, 0.717) is 5.41 Å². The highest BCUT2D eigenvalue weighted by Crippen LogP contribution is 2.43. The van der Waals surface area contributed by atoms with Crippen molar-refractivity contribution in [2.75, 3.05) is 13.1 Å². The normalized spacial score (nSPS) is 29.4. The van der Waals surface area contributed by atoms with Crippen LogP contribution in [0.5, 0.6) is 0 Å². The van der Waals surface area contributed by atoms with E-state index in [4.69, 9.17) is 0 Å². The van der Waals surface area contributed by atoms with Crippen LogP contribution < -0.4 is 5.32 Å². The second-order valence-electron chi connectivity index (χ2n) is 9.08. The Labute approximate surface area is 143 Å². The van der Waals surface area contributed by atoms with Crippen molar-refractivity contribution in [1.82, 2.24) is 5.32 Å². The third-order valence-electron chi connectivity index (χ3n) is 6.30. The molecule has 2 aliphatic rings. The molecule has 3 rings (SSSR count). The number of benzene rings is 1. The Bertz CT molecular complexity index is 485. The molecule has 1 aliphatic heterocycles. The molecule has 1 unspecified atom stereocenters. The summed E-state index contributed by atoms with van der Waals surface area (Å²) < 4.78 is 0. The first-order chi connectivity index (χ1) is 11.0. The Morgan fingerprint density at radius 2 is 1.83 bits per heavy atom. The molecule has 1 heteroatoms. The Balaban J connectivity index is 1.59. The van der Waals surface area contributed by atoms with Crippen LogP contribution in [0.3, 0.4) is 0 Å². The lowest BCUT2D eigenvalue weighted by molar-refractivity contribution is 0.169. The van der Waals surface area contributed by atoms with Crippen molar-refractivity contribution in [2.45, 2.75) is 71.6 Å². The van der Waals surface area contributed by atoms with Gasteiger partial charge in [0.2, 0.25) is 0 Å². The molecule has 1 saturated carbocycles. The third-order valence-corrected chi connectivity index (χ3v) is 6.30. The van der Waals surface area contributed by atoms with Crippen LogP contribution in [0.15, 0.2) is 24.3 Å². The first-order valence-corrected chi connectivity index (χ1v) is 9.82. The quantitative estimate of drug-likeness (QED) is 0.771. The topological polar surface area (TPSA) is 12.0 Å². The highest BCUT2D eigenvalue weighted by atomic mass is 14.9. The van der Waals surface area contributed by atoms with Gasteiger partial charge in [-0.05, 0) is 92.3 Å². The molecule has 128 valence electrons. The second kappa shape index (κ2) is 7.38. The zero-order chi connectivity index (χ0) is 16.3. The average Bonchev–Trinajstić information content (AvgIpc) is 2.55. The van der Waals surface area contributed by atoms with Gasteiger partial charge in [-0.2, -0.15) is 0 Å². The van der Waals surface area contributed by atoms with E-state index in [1.165, 1.54) is 58.0 Å². The van der Waals surface area contributed by atoms with Crippen molar-refractivity contribution in [1.29, 1.82) is 0 Å². The Hall–Kier alpha value is -0.820. The van der Waals surface area contributed by atoms with E-state index in [1.807, 2.05) is 0 Å². The molecule has 1 heterocycles. The first kappa shape index (κ1) is 17.0. The smallest absolute Gasteiger partial charge is 0.00173 e. The van der Waals surface area contributed by atoms with Crippen molar-refractivity contribution < 1.29 is 0 Å². The molecule has 0 bridgehead atoms. The van der Waals surface area contributed by atoms with Crippen molar-refractivity contribution in [3.05, 3.63) is 35.4 Å². The largest absolute Gasteiger partial charge is 0.316 e. The molecular weight excluding hydrogens is 278 g/mol. The molecule has 1 aliphatic carbocycles. The van der Waals surface area contributed by atoms with Crippen molar-refractivity contribution in [3.63, 3.8) is 0 Å². The summed E-state index contributed by atoms with van der Waals surface area (Å²) in [4.78, 5) is 0. The van der Waals surface area contributed by atoms with E-state index in [9.17, 15) is 0 Å². The van der Waals surface area contributed by atoms with E-state index < -0.39 is 0 Å². The van der Waals surface area contributed by atoms with Gasteiger partial charge in [0.25, 0.3) is 0 Å². The van der Waals surface area contributed by atoms with Gasteiger partial charge in [0.05, 0.1) is 0 Å². The SMILES string of the molecule is CC(C)(C)C1CCC(c2cccc(CC3CCCNC3)c2)CC1. The standard InChI is InChI=1S/C22H35N/c1-22(2,3)21-11-9-19(10-12-21)20-8-4-6-17(15-20)14-18-7-5-13-23-16-18/h4,6,8,15,18-19,21,23H,5,7,9-14,16H2,1-3H3. The van der Waals surface area contributed by atoms with Crippen LogP contribution >= 0.6 is 0 Å². The van der Waals surface area contributed by atoms with Crippen LogP contribution in [0.25, 0.3) is 0 Å². The molecule has 1 aromatic carbocycles. The maximum atomic E-state index is 3.55. The predicted octanol–water partition coefficient (Wildman–Crippen LogP) is 5.55. The van der Waals surface area contributed by atoms with Gasteiger partial charge in [0.1, 0.15) is 0 Å². The third kappa shape index (κ3) is 4.59. The van der Waals surface area contributed by atoms with Gasteiger partial charge < -0.3 is 5.32 Å². The molecular formula is C22H35N. The Kier molecular flexibility index (Phi) is 5.46. The van der Waals surface area contributed by atoms with Gasteiger partial charge in [0.15, 0.2) is 0 Å². The molecule has 1 aromatic rings. The van der Waals surface area contributed by atoms with Gasteiger partial charge >= 0.3 is 0 Å². The van der Waals surface area contributed by atoms with E-state index in [1.54, 1.807) is 11.1 Å². The van der Waals surface area contributed by atoms with Gasteiger partial charge in [-0.15, -0.1) is 0 Å². The van der Waals surface area contributed by atoms with Crippen molar-refractivity contribution >= 4 is 0 Å². The Morgan fingerprint density at radius 1 is 1.04 bits per heavy atom. The maximum absolute atomic E-state index is 3.55. The van der Waals surface area contributed by atoms with Gasteiger partial charge in [-0.25, -0.2) is 0 Å². The summed E-state index contributed by atoms with van der Waals surface area (Å²) in [5.41, 5.74) is 3.66. The van der Waals surface area contributed by atoms with Crippen molar-refractivity contribution in [2.24, 2.45) is 17.3 Å². The lowest BCUT2D eigenvalue weighted by atomic mass is 9.68. The van der Waals surface area contributed by atoms with Crippen LogP contribution in [-0.4, -0.2) is 13.1 Å². The molecule has 1 saturated heterocycles. The van der Waals surface area contributed by atoms with E-state index in [2.05, 4.69) is 50.4 Å². The fourth-order valence-electron chi connectivity index (χ4n) is 4.70. The minimum atomic E-state index is 0.487. The van der Waals surface area contributed by atoms with Crippen molar-refractivity contribution in [3.8, 4) is 0 Å². The number of rotatable bonds is 3. The van der Waals surface area contributed by atoms with Crippen LogP contribution in [0.1, 0.15) is 76.3 Å². The second-order valence-corrected chi connectivity index (χ2v) is 9.08. The lowest BCUT2D eigenvalue weighted by Crippen LogP contribution is -2.30. The van der Waals surface area contributed by atoms with Gasteiger partial charge in [-0.3, -0.25) is 0 Å². The molecule has 0 aromatic heterocycles. The lowest BCUT2D eigenvalue weighted by Gasteiger charge is -2.37. The minimum absolute atomic E-state index is 0.487. The molecule has 1 N–H and O–H groups in total. The summed E-state index contributed by atoms with van der Waals surface area (Å²) in [5, 5.41) is 3.55. The van der Waals surface area contributed by atoms with Gasteiger partial charge in [-0.1, -0.05) is 45.0 Å². The highest BCUT2D eigenvalue weighted by molar-refractivity contribution is 5.27. The van der Waals surface area contributed by atoms with Crippen LogP contribution in [0, 0.1) is 17.3 Å². The van der Waals surface area contributed by atoms with E-state index >= 15 is 0 Å². The fourth-order valence-corrected chi connectivity index (χ4v) is 4.70. The summed E-state index contributed by atoms with van der Waals surface area (Å²) >= 11 is 0. The van der Waals surface area contributed by atoms with E-state index in [-0.39, 0.29) is 0 Å². The van der Waals surface area contributed by atoms with Crippen LogP contribution in [-0.2, 0) is 6.42 Å². The Morgan fingerprint density at radius 3 is 2.48 bits per heavy atom. The summed E-state index contributed by atoms with van der Waals surface area (Å²) in [5.74, 6) is 2.56. The van der Waals surface area contributed by atoms with Gasteiger partial charge in [0, 0.05) is 0 Å². The number of nitrogens with one attached hydrogen (secondary N) is 1. The molecule has 1 atom stereocenters. The van der Waals surface area contributed by atoms with Crippen LogP contribution in [0.4, 0.5) is 0 Å². The minimum Gasteiger partial charge on any atom is -0.316 e. The average molecular weight is 314 g/mol. The molecule has 0 spiro atoms. The van der Waals surface area contributed by atoms with E-state index in [0.717, 1.165) is 17.8 Å². The maximum Gasteiger partial charge on any atom is -0.00173 e. The van der Waals surface area contributed by atoms with Crippen LogP contribution in [0.2, 0.25) is 0 Å². The zero-order valence-corrected chi connectivity index (χ0v) is 15.4. The summed E-state index contributed by atoms with van der Waals surface area (Å²) in [7, 11) is 0. The number of hydrogen-bond donors (Lipinski definition) is 1. The number of piperidine rings is 1. The monoisotopic (exact) mass is 313 g/mol. The molecule has 2 fully saturated rings. The number of hydrogen-bond acceptors (Lipinski definition) is 1. The molecule has 0 amide bonds. The zero-order valence-electron chi connectivity index (χ0n) is 15.4. The molecule has 0 radical (unpaired) electrons. The highest BCUT2D eigenvalue weighted by Gasteiger charge is 2.30. The summed E-state index contributed by atoms with van der Waals surface area (Å²) in [6, 6.07) is 9.55. The summed E-state index contributed by atoms with van der Waals surface area (Å²) in [6.07, 6.45) is 9.59. The summed E-state index contributed by atoms with van der Waals surface area (Å²) in [6.45, 7) is 9.67.